The van der Waals surface area contributed by atoms with Gasteiger partial charge in [0, 0.05) is 25.7 Å². The van der Waals surface area contributed by atoms with Crippen LogP contribution in [0.3, 0.4) is 0 Å². The summed E-state index contributed by atoms with van der Waals surface area (Å²) < 4.78 is 0. The molecule has 110 valence electrons. The van der Waals surface area contributed by atoms with Gasteiger partial charge in [0.05, 0.1) is 0 Å². The molecule has 1 N–H and O–H groups in total. The standard InChI is InChI=1S/C18H22N2O/c1-16(21)20(18-10-6-3-7-11-18)15-14-19-13-12-17-8-4-2-5-9-17/h2-11,19H,12-15H2,1H3. The van der Waals surface area contributed by atoms with E-state index in [1.807, 2.05) is 36.4 Å². The molecule has 0 aromatic heterocycles. The van der Waals surface area contributed by atoms with Crippen molar-refractivity contribution in [2.75, 3.05) is 24.5 Å². The molecule has 0 saturated heterocycles. The molecule has 0 spiro atoms. The molecule has 0 aliphatic rings. The number of para-hydroxylation sites is 1. The van der Waals surface area contributed by atoms with E-state index in [1.165, 1.54) is 5.56 Å². The number of rotatable bonds is 7. The summed E-state index contributed by atoms with van der Waals surface area (Å²) >= 11 is 0. The van der Waals surface area contributed by atoms with E-state index >= 15 is 0 Å². The lowest BCUT2D eigenvalue weighted by atomic mass is 10.1. The van der Waals surface area contributed by atoms with Crippen LogP contribution in [0.1, 0.15) is 12.5 Å². The molecule has 2 aromatic carbocycles. The zero-order chi connectivity index (χ0) is 14.9. The van der Waals surface area contributed by atoms with Crippen LogP contribution in [0.15, 0.2) is 60.7 Å². The third-order valence-corrected chi connectivity index (χ3v) is 3.39. The molecule has 0 aliphatic heterocycles. The molecule has 3 heteroatoms. The molecule has 2 rings (SSSR count). The van der Waals surface area contributed by atoms with Gasteiger partial charge in [-0.1, -0.05) is 48.5 Å². The first-order valence-corrected chi connectivity index (χ1v) is 7.35. The topological polar surface area (TPSA) is 32.3 Å². The van der Waals surface area contributed by atoms with E-state index in [2.05, 4.69) is 29.6 Å². The zero-order valence-corrected chi connectivity index (χ0v) is 12.5. The van der Waals surface area contributed by atoms with Crippen molar-refractivity contribution < 1.29 is 4.79 Å². The number of anilines is 1. The number of hydrogen-bond donors (Lipinski definition) is 1. The summed E-state index contributed by atoms with van der Waals surface area (Å²) in [5, 5.41) is 3.40. The molecular formula is C18H22N2O. The number of carbonyl (C=O) groups is 1. The van der Waals surface area contributed by atoms with E-state index < -0.39 is 0 Å². The number of nitrogens with zero attached hydrogens (tertiary/aromatic N) is 1. The summed E-state index contributed by atoms with van der Waals surface area (Å²) in [4.78, 5) is 13.5. The predicted octanol–water partition coefficient (Wildman–Crippen LogP) is 2.87. The molecule has 2 aromatic rings. The van der Waals surface area contributed by atoms with Gasteiger partial charge in [0.2, 0.25) is 5.91 Å². The Bertz CT molecular complexity index is 540. The monoisotopic (exact) mass is 282 g/mol. The first-order chi connectivity index (χ1) is 10.3. The highest BCUT2D eigenvalue weighted by Gasteiger charge is 2.09. The summed E-state index contributed by atoms with van der Waals surface area (Å²) in [5.41, 5.74) is 2.28. The Kier molecular flexibility index (Phi) is 5.98. The molecule has 1 amide bonds. The fourth-order valence-electron chi connectivity index (χ4n) is 2.27. The maximum Gasteiger partial charge on any atom is 0.223 e. The Hall–Kier alpha value is -2.13. The molecule has 0 atom stereocenters. The number of nitrogens with one attached hydrogen (secondary N) is 1. The average Bonchev–Trinajstić information content (AvgIpc) is 2.52. The second kappa shape index (κ2) is 8.22. The van der Waals surface area contributed by atoms with E-state index in [0.29, 0.717) is 6.54 Å². The van der Waals surface area contributed by atoms with Gasteiger partial charge in [0.1, 0.15) is 0 Å². The number of carbonyl (C=O) groups excluding carboxylic acids is 1. The number of amides is 1. The SMILES string of the molecule is CC(=O)N(CCNCCc1ccccc1)c1ccccc1. The van der Waals surface area contributed by atoms with Crippen LogP contribution in [0.5, 0.6) is 0 Å². The highest BCUT2D eigenvalue weighted by atomic mass is 16.2. The largest absolute Gasteiger partial charge is 0.315 e. The van der Waals surface area contributed by atoms with Crippen LogP contribution in [0.25, 0.3) is 0 Å². The van der Waals surface area contributed by atoms with Crippen molar-refractivity contribution in [2.24, 2.45) is 0 Å². The van der Waals surface area contributed by atoms with E-state index in [1.54, 1.807) is 11.8 Å². The van der Waals surface area contributed by atoms with Crippen LogP contribution >= 0.6 is 0 Å². The number of benzene rings is 2. The van der Waals surface area contributed by atoms with Gasteiger partial charge in [-0.25, -0.2) is 0 Å². The Morgan fingerprint density at radius 2 is 1.57 bits per heavy atom. The quantitative estimate of drug-likeness (QED) is 0.792. The average molecular weight is 282 g/mol. The Labute approximate surface area is 126 Å². The number of hydrogen-bond acceptors (Lipinski definition) is 2. The maximum atomic E-state index is 11.7. The normalized spacial score (nSPS) is 10.3. The van der Waals surface area contributed by atoms with E-state index in [0.717, 1.165) is 25.2 Å². The Morgan fingerprint density at radius 3 is 2.19 bits per heavy atom. The first-order valence-electron chi connectivity index (χ1n) is 7.35. The van der Waals surface area contributed by atoms with Gasteiger partial charge in [-0.3, -0.25) is 4.79 Å². The van der Waals surface area contributed by atoms with Gasteiger partial charge in [-0.2, -0.15) is 0 Å². The fourth-order valence-corrected chi connectivity index (χ4v) is 2.27. The van der Waals surface area contributed by atoms with Crippen molar-refractivity contribution in [3.05, 3.63) is 66.2 Å². The molecule has 0 radical (unpaired) electrons. The smallest absolute Gasteiger partial charge is 0.223 e. The van der Waals surface area contributed by atoms with Gasteiger partial charge >= 0.3 is 0 Å². The van der Waals surface area contributed by atoms with Crippen LogP contribution in [-0.4, -0.2) is 25.5 Å². The lowest BCUT2D eigenvalue weighted by Gasteiger charge is -2.21. The van der Waals surface area contributed by atoms with Gasteiger partial charge in [-0.05, 0) is 30.7 Å². The zero-order valence-electron chi connectivity index (χ0n) is 12.5. The molecular weight excluding hydrogens is 260 g/mol. The molecule has 0 saturated carbocycles. The molecule has 0 bridgehead atoms. The highest BCUT2D eigenvalue weighted by Crippen LogP contribution is 2.12. The predicted molar refractivity (Wildman–Crippen MR) is 87.5 cm³/mol. The van der Waals surface area contributed by atoms with Crippen molar-refractivity contribution in [1.29, 1.82) is 0 Å². The van der Waals surface area contributed by atoms with Crippen LogP contribution in [-0.2, 0) is 11.2 Å². The van der Waals surface area contributed by atoms with Crippen molar-refractivity contribution in [3.8, 4) is 0 Å². The Morgan fingerprint density at radius 1 is 0.952 bits per heavy atom. The second-order valence-corrected chi connectivity index (χ2v) is 4.99. The summed E-state index contributed by atoms with van der Waals surface area (Å²) in [6, 6.07) is 20.2. The summed E-state index contributed by atoms with van der Waals surface area (Å²) in [7, 11) is 0. The Balaban J connectivity index is 1.74. The minimum Gasteiger partial charge on any atom is -0.315 e. The molecule has 3 nitrogen and oxygen atoms in total. The first kappa shape index (κ1) is 15.3. The van der Waals surface area contributed by atoms with Crippen molar-refractivity contribution in [2.45, 2.75) is 13.3 Å². The molecule has 21 heavy (non-hydrogen) atoms. The summed E-state index contributed by atoms with van der Waals surface area (Å²) in [5.74, 6) is 0.0751. The van der Waals surface area contributed by atoms with Crippen molar-refractivity contribution in [3.63, 3.8) is 0 Å². The van der Waals surface area contributed by atoms with E-state index in [-0.39, 0.29) is 5.91 Å². The van der Waals surface area contributed by atoms with Gasteiger partial charge in [-0.15, -0.1) is 0 Å². The summed E-state index contributed by atoms with van der Waals surface area (Å²) in [6.45, 7) is 4.01. The maximum absolute atomic E-state index is 11.7. The minimum atomic E-state index is 0.0751. The van der Waals surface area contributed by atoms with Crippen molar-refractivity contribution in [1.82, 2.24) is 5.32 Å². The molecule has 0 heterocycles. The third kappa shape index (κ3) is 5.04. The summed E-state index contributed by atoms with van der Waals surface area (Å²) in [6.07, 6.45) is 1.01. The van der Waals surface area contributed by atoms with Crippen LogP contribution < -0.4 is 10.2 Å². The van der Waals surface area contributed by atoms with Gasteiger partial charge < -0.3 is 10.2 Å². The van der Waals surface area contributed by atoms with Crippen LogP contribution in [0, 0.1) is 0 Å². The third-order valence-electron chi connectivity index (χ3n) is 3.39. The van der Waals surface area contributed by atoms with Gasteiger partial charge in [0.15, 0.2) is 0 Å². The highest BCUT2D eigenvalue weighted by molar-refractivity contribution is 5.91. The molecule has 0 unspecified atom stereocenters. The van der Waals surface area contributed by atoms with Crippen LogP contribution in [0.2, 0.25) is 0 Å². The minimum absolute atomic E-state index is 0.0751. The van der Waals surface area contributed by atoms with Crippen LogP contribution in [0.4, 0.5) is 5.69 Å². The van der Waals surface area contributed by atoms with E-state index in [4.69, 9.17) is 0 Å². The lowest BCUT2D eigenvalue weighted by molar-refractivity contribution is -0.116. The molecule has 0 fully saturated rings. The molecule has 0 aliphatic carbocycles. The fraction of sp³-hybridized carbons (Fsp3) is 0.278. The lowest BCUT2D eigenvalue weighted by Crippen LogP contribution is -2.36. The second-order valence-electron chi connectivity index (χ2n) is 4.99. The van der Waals surface area contributed by atoms with E-state index in [9.17, 15) is 4.79 Å². The van der Waals surface area contributed by atoms with Gasteiger partial charge in [0.25, 0.3) is 0 Å². The van der Waals surface area contributed by atoms with Crippen molar-refractivity contribution >= 4 is 11.6 Å².